The van der Waals surface area contributed by atoms with Crippen molar-refractivity contribution in [3.05, 3.63) is 53.9 Å². The van der Waals surface area contributed by atoms with Gasteiger partial charge in [0.25, 0.3) is 0 Å². The minimum atomic E-state index is -0.0933. The zero-order valence-corrected chi connectivity index (χ0v) is 19.8. The van der Waals surface area contributed by atoms with E-state index in [0.29, 0.717) is 26.1 Å². The van der Waals surface area contributed by atoms with Crippen LogP contribution in [0.1, 0.15) is 56.1 Å². The lowest BCUT2D eigenvalue weighted by Crippen LogP contribution is -2.52. The van der Waals surface area contributed by atoms with E-state index >= 15 is 0 Å². The van der Waals surface area contributed by atoms with Gasteiger partial charge in [-0.05, 0) is 37.3 Å². The number of amides is 2. The van der Waals surface area contributed by atoms with Gasteiger partial charge in [0.15, 0.2) is 0 Å². The second-order valence-corrected chi connectivity index (χ2v) is 9.67. The molecule has 2 aromatic rings. The number of aromatic nitrogens is 2. The van der Waals surface area contributed by atoms with Crippen LogP contribution in [-0.4, -0.2) is 63.1 Å². The average Bonchev–Trinajstić information content (AvgIpc) is 3.21. The van der Waals surface area contributed by atoms with Gasteiger partial charge in [-0.1, -0.05) is 49.6 Å². The van der Waals surface area contributed by atoms with Crippen LogP contribution in [0.2, 0.25) is 0 Å². The molecule has 2 amide bonds. The molecule has 33 heavy (non-hydrogen) atoms. The Hall–Kier alpha value is -2.67. The average molecular weight is 452 g/mol. The van der Waals surface area contributed by atoms with Crippen molar-refractivity contribution in [3.8, 4) is 0 Å². The number of aryl methyl sites for hydroxylation is 1. The van der Waals surface area contributed by atoms with Gasteiger partial charge < -0.3 is 10.2 Å². The first-order valence-corrected chi connectivity index (χ1v) is 12.4. The van der Waals surface area contributed by atoms with E-state index in [2.05, 4.69) is 39.6 Å². The van der Waals surface area contributed by atoms with Crippen molar-refractivity contribution in [2.45, 2.75) is 70.5 Å². The first kappa shape index (κ1) is 23.5. The van der Waals surface area contributed by atoms with Crippen LogP contribution in [-0.2, 0) is 22.7 Å². The zero-order valence-electron chi connectivity index (χ0n) is 19.8. The van der Waals surface area contributed by atoms with E-state index < -0.39 is 0 Å². The number of hydrogen-bond acceptors (Lipinski definition) is 4. The number of carbonyl (C=O) groups is 2. The molecule has 178 valence electrons. The molecule has 0 bridgehead atoms. The second-order valence-electron chi connectivity index (χ2n) is 9.67. The highest BCUT2D eigenvalue weighted by Gasteiger charge is 2.39. The normalized spacial score (nSPS) is 20.3. The van der Waals surface area contributed by atoms with Crippen LogP contribution >= 0.6 is 0 Å². The van der Waals surface area contributed by atoms with Gasteiger partial charge in [0.05, 0.1) is 6.20 Å². The smallest absolute Gasteiger partial charge is 0.244 e. The fraction of sp³-hybridized carbons (Fsp3) is 0.577. The lowest BCUT2D eigenvalue weighted by atomic mass is 9.77. The minimum Gasteiger partial charge on any atom is -0.354 e. The molecule has 1 aromatic carbocycles. The molecule has 2 aliphatic rings. The summed E-state index contributed by atoms with van der Waals surface area (Å²) in [5, 5.41) is 7.37. The van der Waals surface area contributed by atoms with Crippen LogP contribution in [0.25, 0.3) is 0 Å². The lowest BCUT2D eigenvalue weighted by Gasteiger charge is -2.46. The lowest BCUT2D eigenvalue weighted by molar-refractivity contribution is -0.132. The van der Waals surface area contributed by atoms with Gasteiger partial charge in [0.1, 0.15) is 6.54 Å². The largest absolute Gasteiger partial charge is 0.354 e. The predicted molar refractivity (Wildman–Crippen MR) is 128 cm³/mol. The molecule has 2 fully saturated rings. The quantitative estimate of drug-likeness (QED) is 0.775. The molecule has 7 heteroatoms. The highest BCUT2D eigenvalue weighted by molar-refractivity contribution is 5.78. The van der Waals surface area contributed by atoms with E-state index in [0.717, 1.165) is 37.9 Å². The molecule has 1 N–H and O–H groups in total. The number of nitrogens with one attached hydrogen (secondary N) is 1. The maximum atomic E-state index is 13.0. The summed E-state index contributed by atoms with van der Waals surface area (Å²) in [7, 11) is 0. The summed E-state index contributed by atoms with van der Waals surface area (Å²) in [5.74, 6) is 0.153. The van der Waals surface area contributed by atoms with E-state index in [1.165, 1.54) is 24.8 Å². The third-order valence-electron chi connectivity index (χ3n) is 7.13. The zero-order chi connectivity index (χ0) is 23.1. The molecule has 7 nitrogen and oxygen atoms in total. The summed E-state index contributed by atoms with van der Waals surface area (Å²) in [6.07, 6.45) is 10.8. The number of rotatable bonds is 4. The van der Waals surface area contributed by atoms with Crippen LogP contribution in [0, 0.1) is 6.92 Å². The fourth-order valence-electron chi connectivity index (χ4n) is 5.40. The first-order chi connectivity index (χ1) is 16.0. The van der Waals surface area contributed by atoms with Crippen LogP contribution in [0.4, 0.5) is 0 Å². The molecular weight excluding hydrogens is 414 g/mol. The Bertz CT molecular complexity index is 920. The molecule has 0 atom stereocenters. The van der Waals surface area contributed by atoms with Gasteiger partial charge in [-0.15, -0.1) is 0 Å². The van der Waals surface area contributed by atoms with Gasteiger partial charge >= 0.3 is 0 Å². The second kappa shape index (κ2) is 11.0. The van der Waals surface area contributed by atoms with Crippen molar-refractivity contribution in [3.63, 3.8) is 0 Å². The molecule has 1 aliphatic carbocycles. The highest BCUT2D eigenvalue weighted by Crippen LogP contribution is 2.38. The number of nitrogens with zero attached hydrogens (tertiary/aromatic N) is 4. The van der Waals surface area contributed by atoms with E-state index in [1.807, 2.05) is 24.1 Å². The van der Waals surface area contributed by atoms with Gasteiger partial charge in [0.2, 0.25) is 11.8 Å². The summed E-state index contributed by atoms with van der Waals surface area (Å²) < 4.78 is 1.69. The molecule has 1 aromatic heterocycles. The van der Waals surface area contributed by atoms with E-state index in [1.54, 1.807) is 10.9 Å². The van der Waals surface area contributed by atoms with Crippen molar-refractivity contribution in [2.75, 3.05) is 26.2 Å². The van der Waals surface area contributed by atoms with Gasteiger partial charge in [-0.3, -0.25) is 19.2 Å². The van der Waals surface area contributed by atoms with Crippen LogP contribution in [0.5, 0.6) is 0 Å². The molecule has 1 saturated carbocycles. The van der Waals surface area contributed by atoms with E-state index in [-0.39, 0.29) is 23.9 Å². The van der Waals surface area contributed by atoms with Crippen molar-refractivity contribution < 1.29 is 9.59 Å². The van der Waals surface area contributed by atoms with Crippen LogP contribution in [0.15, 0.2) is 42.7 Å². The molecule has 2 heterocycles. The Balaban J connectivity index is 1.51. The van der Waals surface area contributed by atoms with Crippen molar-refractivity contribution in [2.24, 2.45) is 0 Å². The molecule has 0 unspecified atom stereocenters. The molecule has 1 spiro atoms. The third-order valence-corrected chi connectivity index (χ3v) is 7.13. The Kier molecular flexibility index (Phi) is 7.81. The number of carbonyl (C=O) groups excluding carboxylic acids is 2. The molecule has 1 aliphatic heterocycles. The van der Waals surface area contributed by atoms with Gasteiger partial charge in [-0.2, -0.15) is 5.10 Å². The Morgan fingerprint density at radius 1 is 1.06 bits per heavy atom. The minimum absolute atomic E-state index is 0.0496. The maximum absolute atomic E-state index is 13.0. The summed E-state index contributed by atoms with van der Waals surface area (Å²) in [6.45, 7) is 5.66. The van der Waals surface area contributed by atoms with E-state index in [4.69, 9.17) is 0 Å². The van der Waals surface area contributed by atoms with Crippen molar-refractivity contribution >= 4 is 11.8 Å². The van der Waals surface area contributed by atoms with Gasteiger partial charge in [-0.25, -0.2) is 0 Å². The summed E-state index contributed by atoms with van der Waals surface area (Å²) in [5.41, 5.74) is 2.23. The maximum Gasteiger partial charge on any atom is 0.244 e. The van der Waals surface area contributed by atoms with Crippen molar-refractivity contribution in [1.82, 2.24) is 24.9 Å². The Morgan fingerprint density at radius 2 is 1.85 bits per heavy atom. The monoisotopic (exact) mass is 451 g/mol. The first-order valence-electron chi connectivity index (χ1n) is 12.4. The Morgan fingerprint density at radius 3 is 2.58 bits per heavy atom. The van der Waals surface area contributed by atoms with Gasteiger partial charge in [0, 0.05) is 50.9 Å². The fourth-order valence-corrected chi connectivity index (χ4v) is 5.40. The Labute approximate surface area is 197 Å². The third kappa shape index (κ3) is 6.22. The molecule has 4 rings (SSSR count). The van der Waals surface area contributed by atoms with E-state index in [9.17, 15) is 9.59 Å². The van der Waals surface area contributed by atoms with Crippen LogP contribution in [0.3, 0.4) is 0 Å². The van der Waals surface area contributed by atoms with Crippen LogP contribution < -0.4 is 5.32 Å². The SMILES string of the molecule is Cc1cnn(CC(=O)N2CCCN(Cc3ccccc3)C3(CCCCC3)CC(=O)NCC2)c1. The summed E-state index contributed by atoms with van der Waals surface area (Å²) in [4.78, 5) is 30.4. The predicted octanol–water partition coefficient (Wildman–Crippen LogP) is 3.14. The number of benzene rings is 1. The molecular formula is C26H37N5O2. The standard InChI is InChI=1S/C26H37N5O2/c1-22-18-28-31(19-22)21-25(33)29-14-8-15-30(20-23-9-4-2-5-10-23)26(11-6-3-7-12-26)17-24(32)27-13-16-29/h2,4-5,9-10,18-19H,3,6-8,11-17,20-21H2,1H3,(H,27,32). The highest BCUT2D eigenvalue weighted by atomic mass is 16.2. The number of hydrogen-bond donors (Lipinski definition) is 1. The van der Waals surface area contributed by atoms with Crippen molar-refractivity contribution in [1.29, 1.82) is 0 Å². The molecule has 0 radical (unpaired) electrons. The summed E-state index contributed by atoms with van der Waals surface area (Å²) >= 11 is 0. The summed E-state index contributed by atoms with van der Waals surface area (Å²) in [6, 6.07) is 10.6. The molecule has 1 saturated heterocycles. The topological polar surface area (TPSA) is 70.5 Å².